The smallest absolute Gasteiger partial charge is 0.236 e. The fourth-order valence-corrected chi connectivity index (χ4v) is 4.63. The number of hydrogen-bond donors (Lipinski definition) is 1. The summed E-state index contributed by atoms with van der Waals surface area (Å²) in [5.41, 5.74) is 7.30. The number of nitrogens with one attached hydrogen (secondary N) is 1. The minimum absolute atomic E-state index is 0.120. The van der Waals surface area contributed by atoms with Crippen molar-refractivity contribution in [1.82, 2.24) is 19.8 Å². The van der Waals surface area contributed by atoms with Crippen molar-refractivity contribution in [3.8, 4) is 11.1 Å². The van der Waals surface area contributed by atoms with Crippen molar-refractivity contribution in [3.63, 3.8) is 0 Å². The Bertz CT molecular complexity index is 1210. The quantitative estimate of drug-likeness (QED) is 0.706. The van der Waals surface area contributed by atoms with Crippen molar-refractivity contribution in [2.45, 2.75) is 13.0 Å². The summed E-state index contributed by atoms with van der Waals surface area (Å²) in [5.74, 6) is -0.117. The minimum Gasteiger partial charge on any atom is -0.370 e. The van der Waals surface area contributed by atoms with Crippen molar-refractivity contribution >= 4 is 28.2 Å². The second kappa shape index (κ2) is 7.50. The number of benzene rings is 1. The van der Waals surface area contributed by atoms with E-state index in [0.717, 1.165) is 53.1 Å². The Morgan fingerprint density at radius 2 is 2.10 bits per heavy atom. The van der Waals surface area contributed by atoms with Crippen molar-refractivity contribution in [1.29, 1.82) is 0 Å². The highest BCUT2D eigenvalue weighted by Gasteiger charge is 2.27. The number of rotatable bonds is 3. The molecule has 0 bridgehead atoms. The van der Waals surface area contributed by atoms with Crippen molar-refractivity contribution in [2.75, 3.05) is 45.7 Å². The van der Waals surface area contributed by atoms with Crippen LogP contribution in [0.3, 0.4) is 0 Å². The lowest BCUT2D eigenvalue weighted by molar-refractivity contribution is -0.129. The Labute approximate surface area is 181 Å². The summed E-state index contributed by atoms with van der Waals surface area (Å²) < 4.78 is 14.1. The zero-order chi connectivity index (χ0) is 21.7. The number of anilines is 1. The van der Waals surface area contributed by atoms with Gasteiger partial charge in [-0.15, -0.1) is 0 Å². The van der Waals surface area contributed by atoms with E-state index in [9.17, 15) is 9.18 Å². The topological polar surface area (TPSA) is 55.5 Å². The number of amides is 1. The number of carbonyl (C=O) groups is 1. The first-order valence-corrected chi connectivity index (χ1v) is 10.5. The van der Waals surface area contributed by atoms with Crippen LogP contribution in [0.25, 0.3) is 27.7 Å². The fourth-order valence-electron chi connectivity index (χ4n) is 4.63. The van der Waals surface area contributed by atoms with E-state index >= 15 is 0 Å². The van der Waals surface area contributed by atoms with Gasteiger partial charge in [-0.1, -0.05) is 6.08 Å². The average molecular weight is 420 g/mol. The first-order valence-electron chi connectivity index (χ1n) is 10.5. The van der Waals surface area contributed by atoms with Crippen LogP contribution in [0, 0.1) is 5.82 Å². The number of hydrogen-bond acceptors (Lipinski definition) is 4. The van der Waals surface area contributed by atoms with Gasteiger partial charge in [0.25, 0.3) is 0 Å². The van der Waals surface area contributed by atoms with Crippen LogP contribution in [0.2, 0.25) is 0 Å². The van der Waals surface area contributed by atoms with Crippen LogP contribution in [0.5, 0.6) is 0 Å². The lowest BCUT2D eigenvalue weighted by Crippen LogP contribution is -2.38. The van der Waals surface area contributed by atoms with Crippen LogP contribution in [-0.4, -0.2) is 66.5 Å². The largest absolute Gasteiger partial charge is 0.370 e. The third-order valence-electron chi connectivity index (χ3n) is 6.33. The summed E-state index contributed by atoms with van der Waals surface area (Å²) in [6.45, 7) is 2.73. The van der Waals surface area contributed by atoms with Gasteiger partial charge in [0.1, 0.15) is 11.5 Å². The Morgan fingerprint density at radius 1 is 1.26 bits per heavy atom. The molecule has 0 saturated heterocycles. The molecule has 2 aliphatic heterocycles. The van der Waals surface area contributed by atoms with E-state index in [1.54, 1.807) is 31.3 Å². The SMILES string of the molecule is CN(C)C(=O)CN1CC=C(c2[nH]c3nccc4c3c2CN(C)c2ccc(F)cc2-4)CC1. The van der Waals surface area contributed by atoms with Crippen molar-refractivity contribution in [2.24, 2.45) is 0 Å². The van der Waals surface area contributed by atoms with Gasteiger partial charge in [-0.2, -0.15) is 0 Å². The van der Waals surface area contributed by atoms with Gasteiger partial charge in [0.05, 0.1) is 6.54 Å². The molecule has 0 fully saturated rings. The lowest BCUT2D eigenvalue weighted by Gasteiger charge is -2.27. The van der Waals surface area contributed by atoms with Crippen LogP contribution in [0.1, 0.15) is 17.7 Å². The molecule has 4 heterocycles. The highest BCUT2D eigenvalue weighted by molar-refractivity contribution is 6.02. The summed E-state index contributed by atoms with van der Waals surface area (Å²) in [4.78, 5) is 26.1. The number of aromatic amines is 1. The minimum atomic E-state index is -0.237. The van der Waals surface area contributed by atoms with Gasteiger partial charge in [0.15, 0.2) is 0 Å². The molecule has 0 aliphatic carbocycles. The number of halogens is 1. The molecule has 2 aromatic heterocycles. The van der Waals surface area contributed by atoms with Crippen LogP contribution in [0.4, 0.5) is 10.1 Å². The van der Waals surface area contributed by atoms with Gasteiger partial charge < -0.3 is 14.8 Å². The third kappa shape index (κ3) is 3.39. The molecule has 0 saturated carbocycles. The molecule has 3 aromatic rings. The zero-order valence-electron chi connectivity index (χ0n) is 18.1. The highest BCUT2D eigenvalue weighted by atomic mass is 19.1. The number of nitrogens with zero attached hydrogens (tertiary/aromatic N) is 4. The lowest BCUT2D eigenvalue weighted by atomic mass is 9.97. The van der Waals surface area contributed by atoms with E-state index in [1.807, 2.05) is 19.2 Å². The first kappa shape index (κ1) is 19.8. The molecule has 1 amide bonds. The van der Waals surface area contributed by atoms with Gasteiger partial charge in [-0.3, -0.25) is 9.69 Å². The molecule has 0 atom stereocenters. The molecule has 7 heteroatoms. The fraction of sp³-hybridized carbons (Fsp3) is 0.333. The van der Waals surface area contributed by atoms with Crippen LogP contribution < -0.4 is 4.90 Å². The monoisotopic (exact) mass is 419 g/mol. The number of carbonyl (C=O) groups excluding carboxylic acids is 1. The molecule has 2 aliphatic rings. The molecule has 1 N–H and O–H groups in total. The predicted molar refractivity (Wildman–Crippen MR) is 121 cm³/mol. The van der Waals surface area contributed by atoms with Gasteiger partial charge >= 0.3 is 0 Å². The summed E-state index contributed by atoms with van der Waals surface area (Å²) in [6.07, 6.45) is 4.86. The number of fused-ring (bicyclic) bond motifs is 2. The molecule has 1 aromatic carbocycles. The average Bonchev–Trinajstić information content (AvgIpc) is 3.06. The van der Waals surface area contributed by atoms with Gasteiger partial charge in [0, 0.05) is 74.9 Å². The summed E-state index contributed by atoms with van der Waals surface area (Å²) in [7, 11) is 5.62. The van der Waals surface area contributed by atoms with Gasteiger partial charge in [-0.05, 0) is 41.8 Å². The first-order chi connectivity index (χ1) is 14.9. The zero-order valence-corrected chi connectivity index (χ0v) is 18.1. The predicted octanol–water partition coefficient (Wildman–Crippen LogP) is 3.50. The van der Waals surface area contributed by atoms with Gasteiger partial charge in [0.2, 0.25) is 5.91 Å². The summed E-state index contributed by atoms with van der Waals surface area (Å²) >= 11 is 0. The summed E-state index contributed by atoms with van der Waals surface area (Å²) in [5, 5.41) is 1.07. The Morgan fingerprint density at radius 3 is 2.84 bits per heavy atom. The van der Waals surface area contributed by atoms with E-state index < -0.39 is 0 Å². The van der Waals surface area contributed by atoms with Crippen LogP contribution >= 0.6 is 0 Å². The van der Waals surface area contributed by atoms with Crippen molar-refractivity contribution < 1.29 is 9.18 Å². The second-order valence-electron chi connectivity index (χ2n) is 8.58. The number of likely N-dealkylation sites (N-methyl/N-ethyl adjacent to an activating group) is 1. The highest BCUT2D eigenvalue weighted by Crippen LogP contribution is 2.43. The molecule has 6 nitrogen and oxygen atoms in total. The molecule has 31 heavy (non-hydrogen) atoms. The van der Waals surface area contributed by atoms with E-state index in [2.05, 4.69) is 25.8 Å². The Hall–Kier alpha value is -3.19. The van der Waals surface area contributed by atoms with Crippen LogP contribution in [0.15, 0.2) is 36.5 Å². The number of aromatic nitrogens is 2. The molecule has 5 rings (SSSR count). The molecule has 160 valence electrons. The Kier molecular flexibility index (Phi) is 4.78. The maximum Gasteiger partial charge on any atom is 0.236 e. The number of pyridine rings is 1. The maximum atomic E-state index is 14.1. The van der Waals surface area contributed by atoms with Crippen molar-refractivity contribution in [3.05, 3.63) is 53.6 Å². The standard InChI is InChI=1S/C24H26FN5O/c1-28(2)21(31)14-30-10-7-15(8-11-30)23-19-13-29(3)20-5-4-16(25)12-18(20)17-6-9-26-24(27-23)22(17)19/h4-7,9,12H,8,10-11,13-14H2,1-3H3,(H,26,27). The van der Waals surface area contributed by atoms with Gasteiger partial charge in [-0.25, -0.2) is 9.37 Å². The molecule has 0 radical (unpaired) electrons. The third-order valence-corrected chi connectivity index (χ3v) is 6.33. The van der Waals surface area contributed by atoms with E-state index in [1.165, 1.54) is 17.2 Å². The van der Waals surface area contributed by atoms with E-state index in [0.29, 0.717) is 13.1 Å². The maximum absolute atomic E-state index is 14.1. The normalized spacial score (nSPS) is 16.1. The molecular weight excluding hydrogens is 393 g/mol. The Balaban J connectivity index is 1.55. The molecule has 0 spiro atoms. The summed E-state index contributed by atoms with van der Waals surface area (Å²) in [6, 6.07) is 6.96. The number of H-pyrrole nitrogens is 1. The van der Waals surface area contributed by atoms with E-state index in [-0.39, 0.29) is 11.7 Å². The van der Waals surface area contributed by atoms with Crippen LogP contribution in [-0.2, 0) is 11.3 Å². The van der Waals surface area contributed by atoms with E-state index in [4.69, 9.17) is 0 Å². The molecule has 0 unspecified atom stereocenters. The molecular formula is C24H26FN5O. The second-order valence-corrected chi connectivity index (χ2v) is 8.58.